The Balaban J connectivity index is 1.62. The van der Waals surface area contributed by atoms with Gasteiger partial charge in [-0.15, -0.1) is 6.58 Å². The predicted molar refractivity (Wildman–Crippen MR) is 91.9 cm³/mol. The number of carbonyl (C=O) groups excluding carboxylic acids is 1. The van der Waals surface area contributed by atoms with Gasteiger partial charge in [-0.05, 0) is 80.5 Å². The van der Waals surface area contributed by atoms with E-state index >= 15 is 0 Å². The lowest BCUT2D eigenvalue weighted by molar-refractivity contribution is -0.147. The number of aliphatic hydroxyl groups is 1. The lowest BCUT2D eigenvalue weighted by Crippen LogP contribution is -2.55. The van der Waals surface area contributed by atoms with Gasteiger partial charge in [0.1, 0.15) is 5.78 Å². The van der Waals surface area contributed by atoms with E-state index in [1.54, 1.807) is 6.08 Å². The van der Waals surface area contributed by atoms with Gasteiger partial charge in [0.25, 0.3) is 0 Å². The molecule has 7 atom stereocenters. The Morgan fingerprint density at radius 2 is 1.87 bits per heavy atom. The molecule has 128 valence electrons. The van der Waals surface area contributed by atoms with Crippen molar-refractivity contribution in [2.75, 3.05) is 0 Å². The van der Waals surface area contributed by atoms with Crippen molar-refractivity contribution in [3.8, 4) is 0 Å². The number of rotatable bonds is 1. The second-order valence-corrected chi connectivity index (χ2v) is 9.59. The maximum Gasteiger partial charge on any atom is 0.139 e. The molecule has 4 saturated carbocycles. The van der Waals surface area contributed by atoms with Crippen LogP contribution in [0.5, 0.6) is 0 Å². The van der Waals surface area contributed by atoms with Crippen molar-refractivity contribution in [1.29, 1.82) is 0 Å². The summed E-state index contributed by atoms with van der Waals surface area (Å²) in [5.41, 5.74) is -0.282. The molecule has 0 aromatic heterocycles. The molecule has 1 N–H and O–H groups in total. The van der Waals surface area contributed by atoms with E-state index in [-0.39, 0.29) is 5.41 Å². The van der Waals surface area contributed by atoms with E-state index in [9.17, 15) is 9.90 Å². The van der Waals surface area contributed by atoms with Crippen LogP contribution in [0.3, 0.4) is 0 Å². The van der Waals surface area contributed by atoms with E-state index in [0.29, 0.717) is 23.0 Å². The third kappa shape index (κ3) is 2.06. The number of fused-ring (bicyclic) bond motifs is 5. The van der Waals surface area contributed by atoms with E-state index in [0.717, 1.165) is 50.4 Å². The van der Waals surface area contributed by atoms with Crippen molar-refractivity contribution in [1.82, 2.24) is 0 Å². The summed E-state index contributed by atoms with van der Waals surface area (Å²) in [6, 6.07) is 0. The summed E-state index contributed by atoms with van der Waals surface area (Å²) in [6.45, 7) is 8.63. The van der Waals surface area contributed by atoms with Crippen LogP contribution in [0.25, 0.3) is 0 Å². The summed E-state index contributed by atoms with van der Waals surface area (Å²) in [5, 5.41) is 10.7. The highest BCUT2D eigenvalue weighted by Gasteiger charge is 2.60. The maximum atomic E-state index is 12.4. The summed E-state index contributed by atoms with van der Waals surface area (Å²) >= 11 is 0. The molecule has 0 heterocycles. The highest BCUT2D eigenvalue weighted by molar-refractivity contribution is 5.87. The van der Waals surface area contributed by atoms with Crippen molar-refractivity contribution < 1.29 is 9.90 Å². The van der Waals surface area contributed by atoms with Crippen molar-refractivity contribution in [3.63, 3.8) is 0 Å². The summed E-state index contributed by atoms with van der Waals surface area (Å²) in [6.07, 6.45) is 11.5. The van der Waals surface area contributed by atoms with E-state index in [1.165, 1.54) is 19.3 Å². The molecule has 0 spiro atoms. The molecule has 0 aromatic carbocycles. The largest absolute Gasteiger partial charge is 0.386 e. The van der Waals surface area contributed by atoms with E-state index in [1.807, 2.05) is 0 Å². The topological polar surface area (TPSA) is 37.3 Å². The summed E-state index contributed by atoms with van der Waals surface area (Å²) in [5.74, 6) is 3.31. The summed E-state index contributed by atoms with van der Waals surface area (Å²) in [4.78, 5) is 12.4. The zero-order valence-corrected chi connectivity index (χ0v) is 14.8. The van der Waals surface area contributed by atoms with Gasteiger partial charge in [-0.3, -0.25) is 4.79 Å². The van der Waals surface area contributed by atoms with Gasteiger partial charge in [0.2, 0.25) is 0 Å². The highest BCUT2D eigenvalue weighted by atomic mass is 16.3. The molecular formula is C21H32O2. The first-order valence-electron chi connectivity index (χ1n) is 9.72. The molecule has 0 unspecified atom stereocenters. The summed E-state index contributed by atoms with van der Waals surface area (Å²) < 4.78 is 0. The van der Waals surface area contributed by atoms with Crippen LogP contribution in [0.4, 0.5) is 0 Å². The molecule has 23 heavy (non-hydrogen) atoms. The fraction of sp³-hybridized carbons (Fsp3) is 0.857. The van der Waals surface area contributed by atoms with Crippen LogP contribution in [0, 0.1) is 34.5 Å². The van der Waals surface area contributed by atoms with Crippen LogP contribution in [-0.4, -0.2) is 16.5 Å². The number of Topliss-reactive ketones (excluding diaryl/α,β-unsaturated/α-hetero) is 1. The van der Waals surface area contributed by atoms with Gasteiger partial charge < -0.3 is 5.11 Å². The van der Waals surface area contributed by atoms with Gasteiger partial charge in [-0.2, -0.15) is 0 Å². The molecule has 0 amide bonds. The van der Waals surface area contributed by atoms with Crippen molar-refractivity contribution in [3.05, 3.63) is 12.7 Å². The highest BCUT2D eigenvalue weighted by Crippen LogP contribution is 2.66. The Labute approximate surface area is 140 Å². The van der Waals surface area contributed by atoms with Gasteiger partial charge in [-0.25, -0.2) is 0 Å². The first-order chi connectivity index (χ1) is 10.8. The zero-order valence-electron chi connectivity index (χ0n) is 14.8. The average molecular weight is 316 g/mol. The molecule has 0 bridgehead atoms. The Hall–Kier alpha value is -0.630. The smallest absolute Gasteiger partial charge is 0.139 e. The van der Waals surface area contributed by atoms with Crippen LogP contribution < -0.4 is 0 Å². The lowest BCUT2D eigenvalue weighted by Gasteiger charge is -2.61. The van der Waals surface area contributed by atoms with Gasteiger partial charge in [0.15, 0.2) is 0 Å². The third-order valence-electron chi connectivity index (χ3n) is 8.85. The quantitative estimate of drug-likeness (QED) is 0.722. The fourth-order valence-corrected chi connectivity index (χ4v) is 7.23. The van der Waals surface area contributed by atoms with Crippen molar-refractivity contribution in [2.45, 2.75) is 77.2 Å². The van der Waals surface area contributed by atoms with Crippen LogP contribution in [-0.2, 0) is 4.79 Å². The number of hydrogen-bond donors (Lipinski definition) is 1. The SMILES string of the molecule is C=C[C@@]1(O)CC[C@@]2(C)[C@@H](CC[C@@H]3[C@@H]2CC[C@]2(C)C(=O)CC[C@@H]32)C1. The van der Waals surface area contributed by atoms with Crippen LogP contribution in [0.15, 0.2) is 12.7 Å². The second kappa shape index (κ2) is 4.94. The molecule has 4 fully saturated rings. The fourth-order valence-electron chi connectivity index (χ4n) is 7.23. The normalized spacial score (nSPS) is 55.7. The minimum atomic E-state index is -0.635. The molecule has 2 heteroatoms. The Kier molecular flexibility index (Phi) is 3.41. The number of carbonyl (C=O) groups is 1. The zero-order chi connectivity index (χ0) is 16.5. The Morgan fingerprint density at radius 3 is 2.61 bits per heavy atom. The second-order valence-electron chi connectivity index (χ2n) is 9.59. The Bertz CT molecular complexity index is 540. The summed E-state index contributed by atoms with van der Waals surface area (Å²) in [7, 11) is 0. The first kappa shape index (κ1) is 15.9. The first-order valence-corrected chi connectivity index (χ1v) is 9.72. The molecule has 2 nitrogen and oxygen atoms in total. The molecule has 0 aromatic rings. The molecule has 0 aliphatic heterocycles. The van der Waals surface area contributed by atoms with Gasteiger partial charge >= 0.3 is 0 Å². The molecular weight excluding hydrogens is 284 g/mol. The van der Waals surface area contributed by atoms with E-state index < -0.39 is 5.60 Å². The van der Waals surface area contributed by atoms with Crippen LogP contribution in [0.2, 0.25) is 0 Å². The molecule has 0 saturated heterocycles. The molecule has 4 rings (SSSR count). The average Bonchev–Trinajstić information content (AvgIpc) is 2.84. The molecule has 4 aliphatic carbocycles. The molecule has 4 aliphatic rings. The lowest BCUT2D eigenvalue weighted by atomic mass is 9.44. The van der Waals surface area contributed by atoms with Crippen LogP contribution >= 0.6 is 0 Å². The Morgan fingerprint density at radius 1 is 1.09 bits per heavy atom. The molecule has 0 radical (unpaired) electrons. The van der Waals surface area contributed by atoms with E-state index in [4.69, 9.17) is 0 Å². The standard InChI is InChI=1S/C21H32O2/c1-4-21(23)12-11-19(2)14(13-21)5-6-15-16-7-8-18(22)20(16,3)10-9-17(15)19/h4,14-17,23H,1,5-13H2,2-3H3/t14-,15-,16-,17-,19-,20-,21+/m0/s1. The van der Waals surface area contributed by atoms with Crippen molar-refractivity contribution in [2.24, 2.45) is 34.5 Å². The third-order valence-corrected chi connectivity index (χ3v) is 8.85. The van der Waals surface area contributed by atoms with Crippen LogP contribution in [0.1, 0.15) is 71.6 Å². The van der Waals surface area contributed by atoms with Gasteiger partial charge in [0.05, 0.1) is 5.60 Å². The van der Waals surface area contributed by atoms with Gasteiger partial charge in [-0.1, -0.05) is 19.9 Å². The predicted octanol–water partition coefficient (Wildman–Crippen LogP) is 4.52. The van der Waals surface area contributed by atoms with Gasteiger partial charge in [0, 0.05) is 11.8 Å². The number of hydrogen-bond acceptors (Lipinski definition) is 2. The minimum absolute atomic E-state index is 0.0130. The maximum absolute atomic E-state index is 12.4. The van der Waals surface area contributed by atoms with E-state index in [2.05, 4.69) is 20.4 Å². The minimum Gasteiger partial charge on any atom is -0.386 e. The number of ketones is 1. The monoisotopic (exact) mass is 316 g/mol. The van der Waals surface area contributed by atoms with Crippen molar-refractivity contribution >= 4 is 5.78 Å².